The summed E-state index contributed by atoms with van der Waals surface area (Å²) in [6, 6.07) is 0. The predicted octanol–water partition coefficient (Wildman–Crippen LogP) is -1.17. The van der Waals surface area contributed by atoms with Gasteiger partial charge in [-0.1, -0.05) is 5.92 Å². The molecule has 0 aliphatic carbocycles. The van der Waals surface area contributed by atoms with Gasteiger partial charge in [0.25, 0.3) is 5.56 Å². The largest absolute Gasteiger partial charge is 0.355 e. The van der Waals surface area contributed by atoms with Crippen LogP contribution in [0.1, 0.15) is 19.2 Å². The summed E-state index contributed by atoms with van der Waals surface area (Å²) in [6.07, 6.45) is 0.464. The van der Waals surface area contributed by atoms with Crippen LogP contribution in [-0.2, 0) is 11.8 Å². The molecule has 1 amide bonds. The fourth-order valence-corrected chi connectivity index (χ4v) is 1.61. The molecule has 0 bridgehead atoms. The number of hydrogen-bond donors (Lipinski definition) is 3. The van der Waals surface area contributed by atoms with E-state index in [0.29, 0.717) is 18.8 Å². The smallest absolute Gasteiger partial charge is 0.329 e. The summed E-state index contributed by atoms with van der Waals surface area (Å²) in [4.78, 5) is 42.7. The van der Waals surface area contributed by atoms with E-state index in [1.165, 1.54) is 18.5 Å². The molecule has 2 rings (SSSR count). The molecule has 0 fully saturated rings. The van der Waals surface area contributed by atoms with Crippen molar-refractivity contribution in [3.63, 3.8) is 0 Å². The van der Waals surface area contributed by atoms with Gasteiger partial charge in [0.15, 0.2) is 17.0 Å². The number of fused-ring (bicyclic) bond motifs is 1. The molecule has 0 aliphatic rings. The number of amides is 1. The minimum atomic E-state index is -0.529. The number of carbonyl (C=O) groups excluding carboxylic acids is 1. The molecule has 8 nitrogen and oxygen atoms in total. The summed E-state index contributed by atoms with van der Waals surface area (Å²) < 4.78 is 1.23. The van der Waals surface area contributed by atoms with Crippen LogP contribution < -0.4 is 16.6 Å². The van der Waals surface area contributed by atoms with Crippen LogP contribution in [0, 0.1) is 11.8 Å². The molecule has 2 aromatic heterocycles. The first kappa shape index (κ1) is 13.6. The summed E-state index contributed by atoms with van der Waals surface area (Å²) in [5.74, 6) is 5.75. The van der Waals surface area contributed by atoms with Gasteiger partial charge in [-0.3, -0.25) is 19.1 Å². The summed E-state index contributed by atoms with van der Waals surface area (Å²) in [6.45, 7) is 1.88. The van der Waals surface area contributed by atoms with Crippen molar-refractivity contribution in [2.24, 2.45) is 7.05 Å². The Balaban J connectivity index is 2.25. The summed E-state index contributed by atoms with van der Waals surface area (Å²) in [7, 11) is 1.51. The van der Waals surface area contributed by atoms with Crippen molar-refractivity contribution in [3.8, 4) is 11.8 Å². The Hall–Kier alpha value is -2.82. The highest BCUT2D eigenvalue weighted by Gasteiger charge is 2.08. The van der Waals surface area contributed by atoms with Crippen molar-refractivity contribution in [2.45, 2.75) is 13.3 Å². The van der Waals surface area contributed by atoms with E-state index in [0.717, 1.165) is 0 Å². The lowest BCUT2D eigenvalue weighted by Crippen LogP contribution is -2.28. The van der Waals surface area contributed by atoms with E-state index in [-0.39, 0.29) is 17.1 Å². The maximum atomic E-state index is 11.6. The standard InChI is InChI=1S/C12H13N5O3/c1-7(18)13-6-4-3-5-8-14-9-10(15-8)17(2)12(20)16-11(9)19/h4,6H2,1-2H3,(H,13,18)(H,14,15)(H,16,19,20). The Bertz CT molecular complexity index is 831. The van der Waals surface area contributed by atoms with Gasteiger partial charge >= 0.3 is 5.69 Å². The lowest BCUT2D eigenvalue weighted by atomic mass is 10.4. The van der Waals surface area contributed by atoms with Gasteiger partial charge in [0, 0.05) is 26.9 Å². The molecule has 0 aromatic carbocycles. The minimum Gasteiger partial charge on any atom is -0.355 e. The number of nitrogens with one attached hydrogen (secondary N) is 3. The fraction of sp³-hybridized carbons (Fsp3) is 0.333. The molecule has 20 heavy (non-hydrogen) atoms. The molecule has 3 N–H and O–H groups in total. The van der Waals surface area contributed by atoms with Gasteiger partial charge in [-0.15, -0.1) is 0 Å². The van der Waals surface area contributed by atoms with Gasteiger partial charge in [-0.05, 0) is 5.92 Å². The van der Waals surface area contributed by atoms with Crippen molar-refractivity contribution in [2.75, 3.05) is 6.54 Å². The molecular formula is C12H13N5O3. The third-order valence-electron chi connectivity index (χ3n) is 2.59. The van der Waals surface area contributed by atoms with Crippen LogP contribution in [0.2, 0.25) is 0 Å². The molecule has 0 atom stereocenters. The molecule has 2 heterocycles. The number of hydrogen-bond acceptors (Lipinski definition) is 4. The zero-order valence-electron chi connectivity index (χ0n) is 11.0. The second kappa shape index (κ2) is 5.44. The van der Waals surface area contributed by atoms with Crippen molar-refractivity contribution in [1.82, 2.24) is 24.8 Å². The first-order chi connectivity index (χ1) is 9.49. The Morgan fingerprint density at radius 1 is 1.40 bits per heavy atom. The van der Waals surface area contributed by atoms with Crippen molar-refractivity contribution in [3.05, 3.63) is 26.7 Å². The second-order valence-electron chi connectivity index (χ2n) is 4.14. The van der Waals surface area contributed by atoms with Gasteiger partial charge in [0.05, 0.1) is 0 Å². The average molecular weight is 275 g/mol. The van der Waals surface area contributed by atoms with Crippen molar-refractivity contribution in [1.29, 1.82) is 0 Å². The van der Waals surface area contributed by atoms with Crippen LogP contribution in [-0.4, -0.2) is 32.0 Å². The van der Waals surface area contributed by atoms with Gasteiger partial charge in [0.2, 0.25) is 5.91 Å². The number of aryl methyl sites for hydroxylation is 1. The second-order valence-corrected chi connectivity index (χ2v) is 4.14. The van der Waals surface area contributed by atoms with E-state index >= 15 is 0 Å². The van der Waals surface area contributed by atoms with Crippen molar-refractivity contribution >= 4 is 17.1 Å². The number of aromatic nitrogens is 4. The lowest BCUT2D eigenvalue weighted by molar-refractivity contribution is -0.118. The average Bonchev–Trinajstić information content (AvgIpc) is 2.80. The number of H-pyrrole nitrogens is 2. The molecule has 2 aromatic rings. The third kappa shape index (κ3) is 2.77. The highest BCUT2D eigenvalue weighted by atomic mass is 16.2. The highest BCUT2D eigenvalue weighted by Crippen LogP contribution is 2.02. The monoisotopic (exact) mass is 275 g/mol. The van der Waals surface area contributed by atoms with E-state index in [4.69, 9.17) is 0 Å². The van der Waals surface area contributed by atoms with Crippen LogP contribution in [0.15, 0.2) is 9.59 Å². The first-order valence-corrected chi connectivity index (χ1v) is 5.91. The molecule has 0 spiro atoms. The number of aromatic amines is 2. The quantitative estimate of drug-likeness (QED) is 0.473. The first-order valence-electron chi connectivity index (χ1n) is 5.91. The molecular weight excluding hydrogens is 262 g/mol. The van der Waals surface area contributed by atoms with Crippen LogP contribution >= 0.6 is 0 Å². The zero-order valence-corrected chi connectivity index (χ0v) is 11.0. The highest BCUT2D eigenvalue weighted by molar-refractivity contribution is 5.72. The Labute approximate surface area is 113 Å². The lowest BCUT2D eigenvalue weighted by Gasteiger charge is -1.94. The van der Waals surface area contributed by atoms with Crippen molar-refractivity contribution < 1.29 is 4.79 Å². The van der Waals surface area contributed by atoms with Gasteiger partial charge in [-0.2, -0.15) is 0 Å². The summed E-state index contributed by atoms with van der Waals surface area (Å²) in [5.41, 5.74) is -0.593. The van der Waals surface area contributed by atoms with E-state index < -0.39 is 11.2 Å². The molecule has 104 valence electrons. The Morgan fingerprint density at radius 2 is 2.15 bits per heavy atom. The number of rotatable bonds is 2. The molecule has 0 saturated carbocycles. The molecule has 0 unspecified atom stereocenters. The number of nitrogens with zero attached hydrogens (tertiary/aromatic N) is 2. The van der Waals surface area contributed by atoms with Crippen LogP contribution in [0.3, 0.4) is 0 Å². The Morgan fingerprint density at radius 3 is 2.85 bits per heavy atom. The number of carbonyl (C=O) groups is 1. The molecule has 0 aliphatic heterocycles. The topological polar surface area (TPSA) is 113 Å². The normalized spacial score (nSPS) is 10.1. The third-order valence-corrected chi connectivity index (χ3v) is 2.59. The zero-order chi connectivity index (χ0) is 14.7. The van der Waals surface area contributed by atoms with Gasteiger partial charge in [0.1, 0.15) is 0 Å². The fourth-order valence-electron chi connectivity index (χ4n) is 1.61. The van der Waals surface area contributed by atoms with Crippen LogP contribution in [0.25, 0.3) is 11.2 Å². The number of imidazole rings is 1. The summed E-state index contributed by atoms with van der Waals surface area (Å²) >= 11 is 0. The van der Waals surface area contributed by atoms with Crippen LogP contribution in [0.5, 0.6) is 0 Å². The molecule has 0 radical (unpaired) electrons. The Kier molecular flexibility index (Phi) is 3.70. The maximum Gasteiger partial charge on any atom is 0.329 e. The van der Waals surface area contributed by atoms with E-state index in [2.05, 4.69) is 32.1 Å². The minimum absolute atomic E-state index is 0.114. The van der Waals surface area contributed by atoms with Gasteiger partial charge < -0.3 is 10.3 Å². The van der Waals surface area contributed by atoms with Gasteiger partial charge in [-0.25, -0.2) is 9.78 Å². The molecule has 8 heteroatoms. The maximum absolute atomic E-state index is 11.6. The van der Waals surface area contributed by atoms with E-state index in [1.807, 2.05) is 0 Å². The van der Waals surface area contributed by atoms with E-state index in [9.17, 15) is 14.4 Å². The van der Waals surface area contributed by atoms with E-state index in [1.54, 1.807) is 0 Å². The molecule has 0 saturated heterocycles. The predicted molar refractivity (Wildman–Crippen MR) is 72.1 cm³/mol. The summed E-state index contributed by atoms with van der Waals surface area (Å²) in [5, 5.41) is 2.61. The van der Waals surface area contributed by atoms with Crippen LogP contribution in [0.4, 0.5) is 0 Å². The SMILES string of the molecule is CC(=O)NCCC#Cc1nc2c([nH]1)c(=O)[nH]c(=O)n2C.